The first-order valence-corrected chi connectivity index (χ1v) is 13.7. The molecule has 3 aromatic rings. The van der Waals surface area contributed by atoms with Crippen molar-refractivity contribution in [1.82, 2.24) is 0 Å². The Morgan fingerprint density at radius 2 is 1.41 bits per heavy atom. The van der Waals surface area contributed by atoms with E-state index in [2.05, 4.69) is 84.9 Å². The van der Waals surface area contributed by atoms with E-state index in [1.807, 2.05) is 24.3 Å². The first-order valence-electron chi connectivity index (χ1n) is 13.7. The van der Waals surface area contributed by atoms with E-state index in [9.17, 15) is 9.90 Å². The Bertz CT molecular complexity index is 1210. The number of hydrogen-bond donors (Lipinski definition) is 2. The van der Waals surface area contributed by atoms with Crippen LogP contribution in [0.4, 0.5) is 0 Å². The Balaban J connectivity index is 0.00000380. The van der Waals surface area contributed by atoms with Crippen molar-refractivity contribution in [3.63, 3.8) is 0 Å². The second-order valence-corrected chi connectivity index (χ2v) is 11.7. The summed E-state index contributed by atoms with van der Waals surface area (Å²) >= 11 is 0. The number of aliphatic hydroxyl groups is 1. The van der Waals surface area contributed by atoms with E-state index in [1.165, 1.54) is 33.4 Å². The molecule has 3 aromatic carbocycles. The van der Waals surface area contributed by atoms with Crippen LogP contribution in [0.15, 0.2) is 60.7 Å². The van der Waals surface area contributed by atoms with Crippen molar-refractivity contribution < 1.29 is 44.9 Å². The number of benzene rings is 3. The Hall–Kier alpha value is -1.79. The van der Waals surface area contributed by atoms with Crippen molar-refractivity contribution in [3.8, 4) is 11.1 Å². The van der Waals surface area contributed by atoms with Crippen LogP contribution in [0.1, 0.15) is 93.3 Å². The summed E-state index contributed by atoms with van der Waals surface area (Å²) in [5, 5.41) is 10.5. The molecule has 206 valence electrons. The summed E-state index contributed by atoms with van der Waals surface area (Å²) in [6.07, 6.45) is 4.16. The van der Waals surface area contributed by atoms with E-state index in [-0.39, 0.29) is 52.0 Å². The van der Waals surface area contributed by atoms with Gasteiger partial charge in [-0.2, -0.15) is 0 Å². The Morgan fingerprint density at radius 1 is 0.872 bits per heavy atom. The van der Waals surface area contributed by atoms with Gasteiger partial charge in [-0.25, -0.2) is 0 Å². The number of hydrogen-bond acceptors (Lipinski definition) is 4. The fourth-order valence-corrected chi connectivity index (χ4v) is 5.48. The molecule has 4 nitrogen and oxygen atoms in total. The molecule has 0 aliphatic heterocycles. The summed E-state index contributed by atoms with van der Waals surface area (Å²) < 4.78 is 0. The molecule has 0 aliphatic rings. The van der Waals surface area contributed by atoms with E-state index in [0.717, 1.165) is 43.1 Å². The maximum absolute atomic E-state index is 11.0. The molecule has 0 bridgehead atoms. The van der Waals surface area contributed by atoms with Crippen molar-refractivity contribution in [3.05, 3.63) is 94.0 Å². The second kappa shape index (κ2) is 14.7. The predicted molar refractivity (Wildman–Crippen MR) is 158 cm³/mol. The van der Waals surface area contributed by atoms with Gasteiger partial charge >= 0.3 is 29.6 Å². The van der Waals surface area contributed by atoms with E-state index in [4.69, 9.17) is 5.73 Å². The summed E-state index contributed by atoms with van der Waals surface area (Å²) in [4.78, 5) is 11.0. The van der Waals surface area contributed by atoms with Gasteiger partial charge in [-0.3, -0.25) is 0 Å². The molecule has 39 heavy (non-hydrogen) atoms. The zero-order valence-corrected chi connectivity index (χ0v) is 27.2. The minimum Gasteiger partial charge on any atom is -0.870 e. The number of rotatable bonds is 10. The molecule has 0 saturated carbocycles. The maximum atomic E-state index is 11.0. The van der Waals surface area contributed by atoms with E-state index in [0.29, 0.717) is 0 Å². The van der Waals surface area contributed by atoms with Crippen LogP contribution in [-0.2, 0) is 16.6 Å². The second-order valence-electron chi connectivity index (χ2n) is 11.7. The van der Waals surface area contributed by atoms with Crippen molar-refractivity contribution in [1.29, 1.82) is 0 Å². The van der Waals surface area contributed by atoms with Gasteiger partial charge in [-0.05, 0) is 89.5 Å². The SMILES string of the molecule is CCC(CC)(c1ccc(CCC(O)C(C)(C)C)c(C)c1)c1ccc(-c2ccc([C@H](N)C=O)cc2)c(C)c1.[Na+].[OH-]. The third-order valence-electron chi connectivity index (χ3n) is 8.32. The number of carbonyl (C=O) groups is 1. The summed E-state index contributed by atoms with van der Waals surface area (Å²) in [5.74, 6) is 0. The third kappa shape index (κ3) is 7.91. The first-order chi connectivity index (χ1) is 17.5. The molecule has 0 spiro atoms. The molecule has 1 unspecified atom stereocenters. The van der Waals surface area contributed by atoms with Crippen molar-refractivity contribution in [2.24, 2.45) is 11.1 Å². The molecule has 0 fully saturated rings. The van der Waals surface area contributed by atoms with Crippen LogP contribution in [0.5, 0.6) is 0 Å². The number of carbonyl (C=O) groups excluding carboxylic acids is 1. The van der Waals surface area contributed by atoms with E-state index < -0.39 is 6.04 Å². The molecule has 2 atom stereocenters. The molecule has 0 aliphatic carbocycles. The number of nitrogens with two attached hydrogens (primary N) is 1. The van der Waals surface area contributed by atoms with Gasteiger partial charge in [0, 0.05) is 5.41 Å². The normalized spacial score (nSPS) is 13.2. The smallest absolute Gasteiger partial charge is 0.870 e. The third-order valence-corrected chi connectivity index (χ3v) is 8.32. The minimum atomic E-state index is -0.578. The maximum Gasteiger partial charge on any atom is 1.00 e. The monoisotopic (exact) mass is 539 g/mol. The van der Waals surface area contributed by atoms with Gasteiger partial charge in [0.05, 0.1) is 12.1 Å². The zero-order valence-electron chi connectivity index (χ0n) is 25.2. The molecule has 0 radical (unpaired) electrons. The number of aryl methyl sites for hydroxylation is 3. The van der Waals surface area contributed by atoms with Gasteiger partial charge in [-0.1, -0.05) is 95.3 Å². The fourth-order valence-electron chi connectivity index (χ4n) is 5.48. The number of aldehydes is 1. The molecule has 4 N–H and O–H groups in total. The quantitative estimate of drug-likeness (QED) is 0.294. The van der Waals surface area contributed by atoms with Crippen LogP contribution in [0.2, 0.25) is 0 Å². The fraction of sp³-hybridized carbons (Fsp3) is 0.441. The topological polar surface area (TPSA) is 93.3 Å². The summed E-state index contributed by atoms with van der Waals surface area (Å²) in [6, 6.07) is 21.2. The van der Waals surface area contributed by atoms with Crippen molar-refractivity contribution >= 4 is 6.29 Å². The molecular formula is C34H46NNaO3. The van der Waals surface area contributed by atoms with Gasteiger partial charge in [0.1, 0.15) is 6.29 Å². The zero-order chi connectivity index (χ0) is 27.4. The molecule has 0 amide bonds. The average Bonchev–Trinajstić information content (AvgIpc) is 2.88. The standard InChI is InChI=1S/C34H45NO2.Na.H2O/c1-8-34(9-2,28-16-14-25(23(3)20-28)15-19-32(37)33(5,6)7)29-17-18-30(24(4)21-29)26-10-12-27(13-11-26)31(35)22-36;;/h10-14,16-18,20-22,31-32,37H,8-9,15,19,35H2,1-7H3;;1H2/q;+1;/p-1/t31-,32?;;/m1../s1. The summed E-state index contributed by atoms with van der Waals surface area (Å²) in [7, 11) is 0. The predicted octanol–water partition coefficient (Wildman–Crippen LogP) is 4.44. The van der Waals surface area contributed by atoms with Crippen LogP contribution in [0, 0.1) is 19.3 Å². The van der Waals surface area contributed by atoms with Crippen LogP contribution in [0.3, 0.4) is 0 Å². The van der Waals surface area contributed by atoms with E-state index in [1.54, 1.807) is 0 Å². The van der Waals surface area contributed by atoms with Crippen LogP contribution < -0.4 is 35.3 Å². The average molecular weight is 540 g/mol. The first kappa shape index (κ1) is 35.2. The van der Waals surface area contributed by atoms with Gasteiger partial charge in [0.2, 0.25) is 0 Å². The van der Waals surface area contributed by atoms with Gasteiger partial charge in [0.25, 0.3) is 0 Å². The van der Waals surface area contributed by atoms with Crippen molar-refractivity contribution in [2.75, 3.05) is 0 Å². The van der Waals surface area contributed by atoms with E-state index >= 15 is 0 Å². The molecule has 0 saturated heterocycles. The molecule has 5 heteroatoms. The molecule has 0 heterocycles. The summed E-state index contributed by atoms with van der Waals surface area (Å²) in [5.41, 5.74) is 15.4. The van der Waals surface area contributed by atoms with Crippen LogP contribution in [0.25, 0.3) is 11.1 Å². The van der Waals surface area contributed by atoms with Gasteiger partial charge < -0.3 is 21.1 Å². The van der Waals surface area contributed by atoms with Crippen LogP contribution in [-0.4, -0.2) is 23.0 Å². The van der Waals surface area contributed by atoms with Gasteiger partial charge in [0.15, 0.2) is 0 Å². The largest absolute Gasteiger partial charge is 1.00 e. The van der Waals surface area contributed by atoms with Crippen molar-refractivity contribution in [2.45, 2.75) is 91.7 Å². The summed E-state index contributed by atoms with van der Waals surface area (Å²) in [6.45, 7) is 15.2. The molecule has 0 aromatic heterocycles. The Labute approximate surface area is 258 Å². The Morgan fingerprint density at radius 3 is 1.87 bits per heavy atom. The van der Waals surface area contributed by atoms with Crippen LogP contribution >= 0.6 is 0 Å². The Kier molecular flexibility index (Phi) is 13.3. The molecular weight excluding hydrogens is 493 g/mol. The van der Waals surface area contributed by atoms with Gasteiger partial charge in [-0.15, -0.1) is 0 Å². The minimum absolute atomic E-state index is 0. The number of aliphatic hydroxyl groups excluding tert-OH is 1. The molecule has 3 rings (SSSR count).